The Bertz CT molecular complexity index is 552. The number of carbonyl (C=O) groups is 2. The quantitative estimate of drug-likeness (QED) is 0.844. The summed E-state index contributed by atoms with van der Waals surface area (Å²) in [5, 5.41) is 12.2. The SMILES string of the molecule is CC(Oc1ccc(F)cc1)C(=O)NCC1(C(=O)O)CCCCC1. The van der Waals surface area contributed by atoms with E-state index in [0.29, 0.717) is 18.6 Å². The van der Waals surface area contributed by atoms with Gasteiger partial charge in [-0.25, -0.2) is 4.39 Å². The molecule has 1 fully saturated rings. The van der Waals surface area contributed by atoms with E-state index < -0.39 is 17.5 Å². The number of benzene rings is 1. The molecule has 1 aromatic carbocycles. The molecule has 0 radical (unpaired) electrons. The van der Waals surface area contributed by atoms with Gasteiger partial charge in [-0.2, -0.15) is 0 Å². The van der Waals surface area contributed by atoms with Gasteiger partial charge in [0.05, 0.1) is 5.41 Å². The van der Waals surface area contributed by atoms with E-state index in [1.54, 1.807) is 6.92 Å². The maximum atomic E-state index is 12.8. The number of hydrogen-bond acceptors (Lipinski definition) is 3. The molecular weight excluding hydrogens is 301 g/mol. The molecule has 1 saturated carbocycles. The zero-order valence-electron chi connectivity index (χ0n) is 13.2. The fourth-order valence-electron chi connectivity index (χ4n) is 2.87. The predicted molar refractivity (Wildman–Crippen MR) is 82.7 cm³/mol. The molecule has 0 heterocycles. The number of aliphatic carboxylic acids is 1. The number of rotatable bonds is 6. The summed E-state index contributed by atoms with van der Waals surface area (Å²) in [6.45, 7) is 1.69. The lowest BCUT2D eigenvalue weighted by atomic mass is 9.74. The first-order valence-electron chi connectivity index (χ1n) is 7.86. The van der Waals surface area contributed by atoms with Gasteiger partial charge in [0.1, 0.15) is 11.6 Å². The van der Waals surface area contributed by atoms with Crippen molar-refractivity contribution >= 4 is 11.9 Å². The summed E-state index contributed by atoms with van der Waals surface area (Å²) in [6.07, 6.45) is 3.14. The molecule has 2 rings (SSSR count). The summed E-state index contributed by atoms with van der Waals surface area (Å²) >= 11 is 0. The summed E-state index contributed by atoms with van der Waals surface area (Å²) in [5.41, 5.74) is -0.872. The van der Waals surface area contributed by atoms with Crippen LogP contribution in [0, 0.1) is 11.2 Å². The van der Waals surface area contributed by atoms with Crippen molar-refractivity contribution in [3.8, 4) is 5.75 Å². The molecule has 0 bridgehead atoms. The Labute approximate surface area is 134 Å². The number of halogens is 1. The summed E-state index contributed by atoms with van der Waals surface area (Å²) in [5.74, 6) is -1.22. The van der Waals surface area contributed by atoms with Crippen LogP contribution in [0.15, 0.2) is 24.3 Å². The summed E-state index contributed by atoms with van der Waals surface area (Å²) in [6, 6.07) is 5.39. The van der Waals surface area contributed by atoms with Crippen molar-refractivity contribution in [2.24, 2.45) is 5.41 Å². The van der Waals surface area contributed by atoms with E-state index in [-0.39, 0.29) is 18.3 Å². The van der Waals surface area contributed by atoms with Crippen LogP contribution >= 0.6 is 0 Å². The normalized spacial score (nSPS) is 18.0. The Morgan fingerprint density at radius 2 is 1.87 bits per heavy atom. The highest BCUT2D eigenvalue weighted by atomic mass is 19.1. The second-order valence-corrected chi connectivity index (χ2v) is 6.08. The lowest BCUT2D eigenvalue weighted by molar-refractivity contribution is -0.151. The van der Waals surface area contributed by atoms with Crippen molar-refractivity contribution in [3.63, 3.8) is 0 Å². The van der Waals surface area contributed by atoms with Crippen LogP contribution in [0.25, 0.3) is 0 Å². The first-order valence-corrected chi connectivity index (χ1v) is 7.86. The molecule has 1 aliphatic carbocycles. The van der Waals surface area contributed by atoms with Gasteiger partial charge < -0.3 is 15.2 Å². The lowest BCUT2D eigenvalue weighted by Gasteiger charge is -2.33. The third-order valence-corrected chi connectivity index (χ3v) is 4.36. The molecular formula is C17H22FNO4. The van der Waals surface area contributed by atoms with Crippen molar-refractivity contribution in [1.29, 1.82) is 0 Å². The second-order valence-electron chi connectivity index (χ2n) is 6.08. The van der Waals surface area contributed by atoms with Crippen molar-refractivity contribution in [3.05, 3.63) is 30.1 Å². The second kappa shape index (κ2) is 7.44. The van der Waals surface area contributed by atoms with E-state index in [0.717, 1.165) is 19.3 Å². The largest absolute Gasteiger partial charge is 0.481 e. The Hall–Kier alpha value is -2.11. The average molecular weight is 323 g/mol. The molecule has 1 amide bonds. The van der Waals surface area contributed by atoms with Crippen molar-refractivity contribution in [2.45, 2.75) is 45.1 Å². The molecule has 23 heavy (non-hydrogen) atoms. The zero-order valence-corrected chi connectivity index (χ0v) is 13.2. The number of carboxylic acids is 1. The number of hydrogen-bond donors (Lipinski definition) is 2. The van der Waals surface area contributed by atoms with Gasteiger partial charge in [-0.05, 0) is 44.0 Å². The molecule has 1 unspecified atom stereocenters. The number of nitrogens with one attached hydrogen (secondary N) is 1. The smallest absolute Gasteiger partial charge is 0.311 e. The molecule has 1 aromatic rings. The topological polar surface area (TPSA) is 75.6 Å². The highest BCUT2D eigenvalue weighted by molar-refractivity contribution is 5.82. The number of ether oxygens (including phenoxy) is 1. The van der Waals surface area contributed by atoms with Gasteiger partial charge in [0, 0.05) is 6.54 Å². The van der Waals surface area contributed by atoms with Gasteiger partial charge in [-0.1, -0.05) is 19.3 Å². The van der Waals surface area contributed by atoms with Gasteiger partial charge in [0.15, 0.2) is 6.10 Å². The molecule has 0 spiro atoms. The number of carboxylic acid groups (broad SMARTS) is 1. The Kier molecular flexibility index (Phi) is 5.58. The third-order valence-electron chi connectivity index (χ3n) is 4.36. The minimum atomic E-state index is -0.872. The van der Waals surface area contributed by atoms with E-state index in [4.69, 9.17) is 4.74 Å². The predicted octanol–water partition coefficient (Wildman–Crippen LogP) is 2.74. The van der Waals surface area contributed by atoms with E-state index >= 15 is 0 Å². The highest BCUT2D eigenvalue weighted by Gasteiger charge is 2.40. The van der Waals surface area contributed by atoms with Crippen LogP contribution in [-0.2, 0) is 9.59 Å². The molecule has 0 aliphatic heterocycles. The molecule has 1 aliphatic rings. The monoisotopic (exact) mass is 323 g/mol. The number of amides is 1. The van der Waals surface area contributed by atoms with Crippen LogP contribution in [0.5, 0.6) is 5.75 Å². The maximum absolute atomic E-state index is 12.8. The highest BCUT2D eigenvalue weighted by Crippen LogP contribution is 2.36. The van der Waals surface area contributed by atoms with Crippen LogP contribution < -0.4 is 10.1 Å². The Morgan fingerprint density at radius 1 is 1.26 bits per heavy atom. The molecule has 6 heteroatoms. The van der Waals surface area contributed by atoms with Gasteiger partial charge in [-0.15, -0.1) is 0 Å². The molecule has 2 N–H and O–H groups in total. The van der Waals surface area contributed by atoms with E-state index in [1.807, 2.05) is 0 Å². The van der Waals surface area contributed by atoms with Crippen molar-refractivity contribution in [2.75, 3.05) is 6.54 Å². The number of carbonyl (C=O) groups excluding carboxylic acids is 1. The van der Waals surface area contributed by atoms with Crippen LogP contribution in [0.4, 0.5) is 4.39 Å². The van der Waals surface area contributed by atoms with Crippen LogP contribution in [0.3, 0.4) is 0 Å². The maximum Gasteiger partial charge on any atom is 0.311 e. The van der Waals surface area contributed by atoms with Crippen molar-refractivity contribution < 1.29 is 23.8 Å². The van der Waals surface area contributed by atoms with Gasteiger partial charge in [0.25, 0.3) is 5.91 Å². The van der Waals surface area contributed by atoms with E-state index in [1.165, 1.54) is 24.3 Å². The average Bonchev–Trinajstić information content (AvgIpc) is 2.55. The van der Waals surface area contributed by atoms with Crippen LogP contribution in [0.1, 0.15) is 39.0 Å². The lowest BCUT2D eigenvalue weighted by Crippen LogP contribution is -2.47. The Balaban J connectivity index is 1.89. The van der Waals surface area contributed by atoms with Gasteiger partial charge in [-0.3, -0.25) is 9.59 Å². The fourth-order valence-corrected chi connectivity index (χ4v) is 2.87. The minimum Gasteiger partial charge on any atom is -0.481 e. The third kappa shape index (κ3) is 4.43. The van der Waals surface area contributed by atoms with E-state index in [2.05, 4.69) is 5.32 Å². The minimum absolute atomic E-state index is 0.109. The Morgan fingerprint density at radius 3 is 2.43 bits per heavy atom. The molecule has 0 aromatic heterocycles. The first-order chi connectivity index (χ1) is 10.9. The fraction of sp³-hybridized carbons (Fsp3) is 0.529. The van der Waals surface area contributed by atoms with Crippen LogP contribution in [-0.4, -0.2) is 29.6 Å². The van der Waals surface area contributed by atoms with E-state index in [9.17, 15) is 19.1 Å². The van der Waals surface area contributed by atoms with Gasteiger partial charge >= 0.3 is 5.97 Å². The van der Waals surface area contributed by atoms with Crippen LogP contribution in [0.2, 0.25) is 0 Å². The standard InChI is InChI=1S/C17H22FNO4/c1-12(23-14-7-5-13(18)6-8-14)15(20)19-11-17(16(21)22)9-3-2-4-10-17/h5-8,12H,2-4,9-11H2,1H3,(H,19,20)(H,21,22). The summed E-state index contributed by atoms with van der Waals surface area (Å²) in [7, 11) is 0. The zero-order chi connectivity index (χ0) is 16.9. The van der Waals surface area contributed by atoms with Gasteiger partial charge in [0.2, 0.25) is 0 Å². The first kappa shape index (κ1) is 17.2. The van der Waals surface area contributed by atoms with Crippen molar-refractivity contribution in [1.82, 2.24) is 5.32 Å². The molecule has 5 nitrogen and oxygen atoms in total. The molecule has 0 saturated heterocycles. The molecule has 1 atom stereocenters. The molecule has 126 valence electrons. The summed E-state index contributed by atoms with van der Waals surface area (Å²) in [4.78, 5) is 23.7. The summed E-state index contributed by atoms with van der Waals surface area (Å²) < 4.78 is 18.3.